The molecule has 0 aromatic carbocycles. The smallest absolute Gasteiger partial charge is 0.139 e. The fourth-order valence-electron chi connectivity index (χ4n) is 2.79. The summed E-state index contributed by atoms with van der Waals surface area (Å²) in [5, 5.41) is 15.2. The molecule has 1 aliphatic heterocycles. The van der Waals surface area contributed by atoms with Gasteiger partial charge in [-0.05, 0) is 44.2 Å². The fourth-order valence-corrected chi connectivity index (χ4v) is 2.79. The van der Waals surface area contributed by atoms with Crippen LogP contribution in [0.3, 0.4) is 0 Å². The highest BCUT2D eigenvalue weighted by atomic mass is 16.4. The zero-order chi connectivity index (χ0) is 12.8. The van der Waals surface area contributed by atoms with Crippen molar-refractivity contribution in [3.8, 4) is 0 Å². The van der Waals surface area contributed by atoms with Gasteiger partial charge in [-0.3, -0.25) is 0 Å². The molecule has 0 aromatic heterocycles. The van der Waals surface area contributed by atoms with Crippen LogP contribution in [-0.4, -0.2) is 48.7 Å². The van der Waals surface area contributed by atoms with Crippen molar-refractivity contribution in [2.75, 3.05) is 32.7 Å². The van der Waals surface area contributed by atoms with E-state index in [1.807, 2.05) is 0 Å². The van der Waals surface area contributed by atoms with Crippen LogP contribution in [-0.2, 0) is 0 Å². The van der Waals surface area contributed by atoms with Crippen LogP contribution in [0.15, 0.2) is 5.16 Å². The molecule has 1 saturated carbocycles. The SMILES string of the molecule is NC(CC1(CNCCN2CCCCC2)CC1)=NO. The van der Waals surface area contributed by atoms with E-state index in [1.54, 1.807) is 0 Å². The Kier molecular flexibility index (Phi) is 4.83. The zero-order valence-electron chi connectivity index (χ0n) is 11.2. The molecular formula is C13H26N4O. The molecule has 5 heteroatoms. The van der Waals surface area contributed by atoms with Gasteiger partial charge in [-0.2, -0.15) is 0 Å². The summed E-state index contributed by atoms with van der Waals surface area (Å²) in [4.78, 5) is 2.54. The van der Waals surface area contributed by atoms with Crippen LogP contribution in [0, 0.1) is 5.41 Å². The quantitative estimate of drug-likeness (QED) is 0.208. The third-order valence-corrected chi connectivity index (χ3v) is 4.20. The Morgan fingerprint density at radius 3 is 2.61 bits per heavy atom. The van der Waals surface area contributed by atoms with Crippen molar-refractivity contribution in [1.29, 1.82) is 0 Å². The van der Waals surface area contributed by atoms with Gasteiger partial charge in [0.15, 0.2) is 0 Å². The Morgan fingerprint density at radius 2 is 2.00 bits per heavy atom. The highest BCUT2D eigenvalue weighted by Crippen LogP contribution is 2.48. The van der Waals surface area contributed by atoms with Crippen LogP contribution >= 0.6 is 0 Å². The molecule has 18 heavy (non-hydrogen) atoms. The second-order valence-electron chi connectivity index (χ2n) is 5.85. The lowest BCUT2D eigenvalue weighted by molar-refractivity contribution is 0.227. The first-order chi connectivity index (χ1) is 8.74. The topological polar surface area (TPSA) is 73.9 Å². The normalized spacial score (nSPS) is 24.1. The molecule has 0 spiro atoms. The number of hydrogen-bond donors (Lipinski definition) is 3. The first kappa shape index (κ1) is 13.6. The van der Waals surface area contributed by atoms with Gasteiger partial charge in [0.05, 0.1) is 0 Å². The summed E-state index contributed by atoms with van der Waals surface area (Å²) in [7, 11) is 0. The van der Waals surface area contributed by atoms with Crippen molar-refractivity contribution in [2.45, 2.75) is 38.5 Å². The molecule has 2 aliphatic rings. The summed E-state index contributed by atoms with van der Waals surface area (Å²) in [6.07, 6.45) is 7.22. The molecule has 0 atom stereocenters. The van der Waals surface area contributed by atoms with Crippen LogP contribution in [0.5, 0.6) is 0 Å². The van der Waals surface area contributed by atoms with E-state index in [-0.39, 0.29) is 5.41 Å². The molecule has 104 valence electrons. The summed E-state index contributed by atoms with van der Waals surface area (Å²) in [5.41, 5.74) is 5.86. The molecule has 0 aromatic rings. The minimum absolute atomic E-state index is 0.276. The van der Waals surface area contributed by atoms with E-state index in [9.17, 15) is 0 Å². The number of hydrogen-bond acceptors (Lipinski definition) is 4. The van der Waals surface area contributed by atoms with Crippen LogP contribution in [0.4, 0.5) is 0 Å². The summed E-state index contributed by atoms with van der Waals surface area (Å²) in [5.74, 6) is 0.366. The number of rotatable bonds is 7. The molecule has 0 bridgehead atoms. The minimum atomic E-state index is 0.276. The van der Waals surface area contributed by atoms with Gasteiger partial charge in [-0.25, -0.2) is 0 Å². The molecule has 1 heterocycles. The van der Waals surface area contributed by atoms with Crippen molar-refractivity contribution in [2.24, 2.45) is 16.3 Å². The maximum absolute atomic E-state index is 8.60. The second kappa shape index (κ2) is 6.38. The molecule has 0 amide bonds. The maximum Gasteiger partial charge on any atom is 0.139 e. The van der Waals surface area contributed by atoms with E-state index in [4.69, 9.17) is 10.9 Å². The van der Waals surface area contributed by atoms with Crippen LogP contribution in [0.2, 0.25) is 0 Å². The van der Waals surface area contributed by atoms with Crippen molar-refractivity contribution >= 4 is 5.84 Å². The van der Waals surface area contributed by atoms with Crippen molar-refractivity contribution in [3.05, 3.63) is 0 Å². The molecule has 5 nitrogen and oxygen atoms in total. The van der Waals surface area contributed by atoms with Gasteiger partial charge >= 0.3 is 0 Å². The number of piperidine rings is 1. The molecule has 2 fully saturated rings. The number of nitrogens with one attached hydrogen (secondary N) is 1. The highest BCUT2D eigenvalue weighted by Gasteiger charge is 2.42. The van der Waals surface area contributed by atoms with E-state index in [0.29, 0.717) is 5.84 Å². The number of nitrogens with zero attached hydrogens (tertiary/aromatic N) is 2. The molecule has 4 N–H and O–H groups in total. The Balaban J connectivity index is 1.57. The van der Waals surface area contributed by atoms with E-state index in [0.717, 1.165) is 26.1 Å². The predicted molar refractivity (Wildman–Crippen MR) is 72.9 cm³/mol. The molecule has 2 rings (SSSR count). The van der Waals surface area contributed by atoms with Crippen LogP contribution < -0.4 is 11.1 Å². The van der Waals surface area contributed by atoms with Crippen LogP contribution in [0.1, 0.15) is 38.5 Å². The van der Waals surface area contributed by atoms with E-state index in [1.165, 1.54) is 45.2 Å². The minimum Gasteiger partial charge on any atom is -0.409 e. The monoisotopic (exact) mass is 254 g/mol. The standard InChI is InChI=1S/C13H26N4O/c14-12(16-18)10-13(4-5-13)11-15-6-9-17-7-2-1-3-8-17/h15,18H,1-11H2,(H2,14,16). The highest BCUT2D eigenvalue weighted by molar-refractivity contribution is 5.80. The average molecular weight is 254 g/mol. The van der Waals surface area contributed by atoms with Gasteiger partial charge in [-0.15, -0.1) is 0 Å². The third-order valence-electron chi connectivity index (χ3n) is 4.20. The number of oxime groups is 1. The summed E-state index contributed by atoms with van der Waals surface area (Å²) < 4.78 is 0. The molecule has 1 aliphatic carbocycles. The van der Waals surface area contributed by atoms with Crippen molar-refractivity contribution in [1.82, 2.24) is 10.2 Å². The second-order valence-corrected chi connectivity index (χ2v) is 5.85. The fraction of sp³-hybridized carbons (Fsp3) is 0.923. The third kappa shape index (κ3) is 4.14. The zero-order valence-corrected chi connectivity index (χ0v) is 11.2. The van der Waals surface area contributed by atoms with Crippen molar-refractivity contribution in [3.63, 3.8) is 0 Å². The Bertz CT molecular complexity index is 283. The van der Waals surface area contributed by atoms with Gasteiger partial charge in [0.25, 0.3) is 0 Å². The van der Waals surface area contributed by atoms with Gasteiger partial charge in [0.1, 0.15) is 5.84 Å². The first-order valence-corrected chi connectivity index (χ1v) is 7.14. The number of amidine groups is 1. The summed E-state index contributed by atoms with van der Waals surface area (Å²) in [6, 6.07) is 0. The molecule has 0 unspecified atom stereocenters. The molecule has 0 radical (unpaired) electrons. The molecule has 1 saturated heterocycles. The maximum atomic E-state index is 8.60. The summed E-state index contributed by atoms with van der Waals surface area (Å²) in [6.45, 7) is 5.72. The van der Waals surface area contributed by atoms with E-state index < -0.39 is 0 Å². The van der Waals surface area contributed by atoms with Crippen molar-refractivity contribution < 1.29 is 5.21 Å². The average Bonchev–Trinajstić information content (AvgIpc) is 3.16. The number of nitrogens with two attached hydrogens (primary N) is 1. The number of likely N-dealkylation sites (tertiary alicyclic amines) is 1. The van der Waals surface area contributed by atoms with Gasteiger partial charge in [0.2, 0.25) is 0 Å². The molecular weight excluding hydrogens is 228 g/mol. The largest absolute Gasteiger partial charge is 0.409 e. The lowest BCUT2D eigenvalue weighted by atomic mass is 10.0. The Morgan fingerprint density at radius 1 is 1.28 bits per heavy atom. The van der Waals surface area contributed by atoms with Gasteiger partial charge < -0.3 is 21.2 Å². The summed E-state index contributed by atoms with van der Waals surface area (Å²) >= 11 is 0. The Labute approximate surface area is 109 Å². The Hall–Kier alpha value is -0.810. The van der Waals surface area contributed by atoms with Gasteiger partial charge in [0, 0.05) is 26.1 Å². The van der Waals surface area contributed by atoms with E-state index >= 15 is 0 Å². The predicted octanol–water partition coefficient (Wildman–Crippen LogP) is 0.979. The first-order valence-electron chi connectivity index (χ1n) is 7.14. The lowest BCUT2D eigenvalue weighted by Crippen LogP contribution is -2.37. The van der Waals surface area contributed by atoms with E-state index in [2.05, 4.69) is 15.4 Å². The van der Waals surface area contributed by atoms with Crippen LogP contribution in [0.25, 0.3) is 0 Å². The lowest BCUT2D eigenvalue weighted by Gasteiger charge is -2.26. The van der Waals surface area contributed by atoms with Gasteiger partial charge in [-0.1, -0.05) is 11.6 Å².